The van der Waals surface area contributed by atoms with E-state index in [1.54, 1.807) is 19.1 Å². The number of ketones is 2. The van der Waals surface area contributed by atoms with Crippen LogP contribution in [0, 0.1) is 34.5 Å². The molecule has 4 aliphatic rings. The molecule has 0 aromatic carbocycles. The van der Waals surface area contributed by atoms with Crippen molar-refractivity contribution in [2.24, 2.45) is 34.5 Å². The Morgan fingerprint density at radius 1 is 1.21 bits per heavy atom. The summed E-state index contributed by atoms with van der Waals surface area (Å²) in [6.07, 6.45) is 8.23. The molecular formula is C26H34Cl2O5. The van der Waals surface area contributed by atoms with Crippen molar-refractivity contribution in [3.8, 4) is 0 Å². The normalized spacial score (nSPS) is 43.6. The predicted molar refractivity (Wildman–Crippen MR) is 127 cm³/mol. The van der Waals surface area contributed by atoms with Gasteiger partial charge in [0.2, 0.25) is 0 Å². The van der Waals surface area contributed by atoms with E-state index < -0.39 is 28.3 Å². The topological polar surface area (TPSA) is 80.7 Å². The summed E-state index contributed by atoms with van der Waals surface area (Å²) in [6.45, 7) is 7.14. The molecule has 9 atom stereocenters. The Bertz CT molecular complexity index is 926. The van der Waals surface area contributed by atoms with Crippen molar-refractivity contribution in [3.63, 3.8) is 0 Å². The van der Waals surface area contributed by atoms with Gasteiger partial charge in [-0.05, 0) is 80.9 Å². The molecule has 0 aliphatic heterocycles. The van der Waals surface area contributed by atoms with Crippen molar-refractivity contribution in [1.29, 1.82) is 0 Å². The van der Waals surface area contributed by atoms with Gasteiger partial charge >= 0.3 is 5.97 Å². The van der Waals surface area contributed by atoms with Gasteiger partial charge in [-0.3, -0.25) is 14.4 Å². The summed E-state index contributed by atoms with van der Waals surface area (Å²) in [5.41, 5.74) is 0.190. The van der Waals surface area contributed by atoms with Gasteiger partial charge in [-0.2, -0.15) is 0 Å². The molecule has 5 nitrogen and oxygen atoms in total. The van der Waals surface area contributed by atoms with E-state index in [0.717, 1.165) is 31.3 Å². The summed E-state index contributed by atoms with van der Waals surface area (Å²) < 4.78 is 5.26. The van der Waals surface area contributed by atoms with Crippen molar-refractivity contribution >= 4 is 40.7 Å². The van der Waals surface area contributed by atoms with Crippen LogP contribution >= 0.6 is 23.2 Å². The fourth-order valence-corrected chi connectivity index (χ4v) is 8.17. The number of hydrogen-bond donors (Lipinski definition) is 1. The van der Waals surface area contributed by atoms with Crippen LogP contribution in [-0.4, -0.2) is 45.6 Å². The lowest BCUT2D eigenvalue weighted by atomic mass is 9.47. The molecule has 182 valence electrons. The number of ether oxygens (including phenoxy) is 1. The van der Waals surface area contributed by atoms with Crippen LogP contribution in [-0.2, 0) is 19.1 Å². The van der Waals surface area contributed by atoms with E-state index in [-0.39, 0.29) is 46.7 Å². The van der Waals surface area contributed by atoms with Crippen LogP contribution in [0.1, 0.15) is 59.8 Å². The van der Waals surface area contributed by atoms with Crippen molar-refractivity contribution in [1.82, 2.24) is 0 Å². The van der Waals surface area contributed by atoms with Crippen molar-refractivity contribution in [3.05, 3.63) is 23.8 Å². The molecule has 4 aliphatic carbocycles. The van der Waals surface area contributed by atoms with Crippen LogP contribution in [0.15, 0.2) is 23.8 Å². The summed E-state index contributed by atoms with van der Waals surface area (Å²) >= 11 is 14.3. The molecule has 3 saturated carbocycles. The molecule has 0 radical (unpaired) electrons. The Labute approximate surface area is 205 Å². The van der Waals surface area contributed by atoms with E-state index in [1.807, 2.05) is 6.08 Å². The first kappa shape index (κ1) is 24.9. The quantitative estimate of drug-likeness (QED) is 0.443. The van der Waals surface area contributed by atoms with E-state index in [0.29, 0.717) is 6.42 Å². The van der Waals surface area contributed by atoms with Gasteiger partial charge in [-0.15, -0.1) is 23.2 Å². The number of alkyl halides is 2. The third-order valence-electron chi connectivity index (χ3n) is 9.49. The van der Waals surface area contributed by atoms with Gasteiger partial charge in [0.05, 0.1) is 22.3 Å². The second-order valence-electron chi connectivity index (χ2n) is 11.1. The van der Waals surface area contributed by atoms with Crippen LogP contribution in [0.4, 0.5) is 0 Å². The zero-order chi connectivity index (χ0) is 24.3. The summed E-state index contributed by atoms with van der Waals surface area (Å²) in [5, 5.41) is 9.34. The van der Waals surface area contributed by atoms with Gasteiger partial charge in [-0.1, -0.05) is 19.9 Å². The fourth-order valence-electron chi connectivity index (χ4n) is 7.18. The first-order valence-electron chi connectivity index (χ1n) is 12.0. The van der Waals surface area contributed by atoms with E-state index >= 15 is 0 Å². The first-order valence-corrected chi connectivity index (χ1v) is 12.8. The number of fused-ring (bicyclic) bond motifs is 5. The average molecular weight is 497 g/mol. The zero-order valence-corrected chi connectivity index (χ0v) is 21.3. The highest BCUT2D eigenvalue weighted by Crippen LogP contribution is 2.70. The second kappa shape index (κ2) is 8.49. The van der Waals surface area contributed by atoms with Crippen LogP contribution < -0.4 is 0 Å². The fraction of sp³-hybridized carbons (Fsp3) is 0.731. The molecule has 7 heteroatoms. The van der Waals surface area contributed by atoms with Crippen LogP contribution in [0.5, 0.6) is 0 Å². The monoisotopic (exact) mass is 496 g/mol. The highest BCUT2D eigenvalue weighted by molar-refractivity contribution is 6.28. The Balaban J connectivity index is 1.54. The first-order chi connectivity index (χ1) is 15.3. The van der Waals surface area contributed by atoms with Gasteiger partial charge in [0.15, 0.2) is 11.6 Å². The molecule has 3 unspecified atom stereocenters. The largest absolute Gasteiger partial charge is 0.457 e. The molecule has 0 aromatic rings. The standard InChI is InChI=1S/C26H34Cl2O5/c1-14(15(2)29)23(32)33-13-22(31)18-6-5-17-19-12-21(27)20-11-16(30)7-8-25(20,4)26(19,28)10-9-24(17,18)3/h7-8,11,14-15,17-19,21,29H,5-6,9-10,12-13H2,1-4H3/t14?,15?,17-,18+,19-,21-,24-,25-,26?/m0/s1. The number of halogens is 2. The number of Topliss-reactive ketones (excluding diaryl/α,β-unsaturated/α-hetero) is 1. The smallest absolute Gasteiger partial charge is 0.311 e. The van der Waals surface area contributed by atoms with E-state index in [4.69, 9.17) is 27.9 Å². The third kappa shape index (κ3) is 3.73. The lowest BCUT2D eigenvalue weighted by Crippen LogP contribution is -2.61. The molecule has 0 bridgehead atoms. The number of carbonyl (C=O) groups excluding carboxylic acids is 3. The van der Waals surface area contributed by atoms with Gasteiger partial charge < -0.3 is 9.84 Å². The van der Waals surface area contributed by atoms with Gasteiger partial charge in [0.25, 0.3) is 0 Å². The number of esters is 1. The average Bonchev–Trinajstić information content (AvgIpc) is 3.11. The minimum Gasteiger partial charge on any atom is -0.457 e. The van der Waals surface area contributed by atoms with Crippen LogP contribution in [0.3, 0.4) is 0 Å². The maximum Gasteiger partial charge on any atom is 0.311 e. The number of rotatable bonds is 5. The molecule has 4 rings (SSSR count). The Morgan fingerprint density at radius 2 is 1.91 bits per heavy atom. The minimum atomic E-state index is -0.824. The number of aliphatic hydroxyl groups is 1. The minimum absolute atomic E-state index is 0.0431. The third-order valence-corrected chi connectivity index (χ3v) is 10.8. The zero-order valence-electron chi connectivity index (χ0n) is 19.8. The Hall–Kier alpha value is -1.17. The maximum atomic E-state index is 13.2. The van der Waals surface area contributed by atoms with Crippen molar-refractivity contribution in [2.45, 2.75) is 76.2 Å². The highest BCUT2D eigenvalue weighted by atomic mass is 35.5. The second-order valence-corrected chi connectivity index (χ2v) is 12.3. The molecule has 0 heterocycles. The molecule has 3 fully saturated rings. The SMILES string of the molecule is CC(O)C(C)C(=O)OCC(=O)[C@H]1CC[C@H]2[C@@H]3C[C@H](Cl)C4=CC(=O)C=C[C@]4(C)C3(Cl)CC[C@]12C. The lowest BCUT2D eigenvalue weighted by molar-refractivity contribution is -0.156. The Morgan fingerprint density at radius 3 is 2.58 bits per heavy atom. The number of aliphatic hydroxyl groups excluding tert-OH is 1. The molecule has 33 heavy (non-hydrogen) atoms. The van der Waals surface area contributed by atoms with Crippen LogP contribution in [0.2, 0.25) is 0 Å². The van der Waals surface area contributed by atoms with Gasteiger partial charge in [-0.25, -0.2) is 0 Å². The van der Waals surface area contributed by atoms with Crippen LogP contribution in [0.25, 0.3) is 0 Å². The van der Waals surface area contributed by atoms with Crippen molar-refractivity contribution < 1.29 is 24.2 Å². The maximum absolute atomic E-state index is 13.2. The summed E-state index contributed by atoms with van der Waals surface area (Å²) in [7, 11) is 0. The summed E-state index contributed by atoms with van der Waals surface area (Å²) in [4.78, 5) is 36.8. The predicted octanol–water partition coefficient (Wildman–Crippen LogP) is 4.62. The molecule has 1 N–H and O–H groups in total. The Kier molecular flexibility index (Phi) is 6.42. The molecule has 0 aromatic heterocycles. The summed E-state index contributed by atoms with van der Waals surface area (Å²) in [6, 6.07) is 0. The van der Waals surface area contributed by atoms with Gasteiger partial charge in [0, 0.05) is 11.3 Å². The summed E-state index contributed by atoms with van der Waals surface area (Å²) in [5.74, 6) is -1.16. The number of hydrogen-bond acceptors (Lipinski definition) is 5. The van der Waals surface area contributed by atoms with E-state index in [2.05, 4.69) is 13.8 Å². The lowest BCUT2D eigenvalue weighted by Gasteiger charge is -2.62. The van der Waals surface area contributed by atoms with Gasteiger partial charge in [0.1, 0.15) is 6.61 Å². The van der Waals surface area contributed by atoms with Crippen molar-refractivity contribution in [2.75, 3.05) is 6.61 Å². The number of carbonyl (C=O) groups is 3. The highest BCUT2D eigenvalue weighted by Gasteiger charge is 2.67. The number of allylic oxidation sites excluding steroid dienone is 4. The molecule has 0 spiro atoms. The van der Waals surface area contributed by atoms with E-state index in [9.17, 15) is 19.5 Å². The van der Waals surface area contributed by atoms with E-state index in [1.165, 1.54) is 6.92 Å². The molecule has 0 amide bonds. The molecule has 0 saturated heterocycles. The molecular weight excluding hydrogens is 463 g/mol.